The predicted molar refractivity (Wildman–Crippen MR) is 101 cm³/mol. The third-order valence-electron chi connectivity index (χ3n) is 4.25. The molecule has 2 aromatic carbocycles. The van der Waals surface area contributed by atoms with Gasteiger partial charge in [0.05, 0.1) is 21.3 Å². The van der Waals surface area contributed by atoms with Crippen LogP contribution in [0.25, 0.3) is 0 Å². The van der Waals surface area contributed by atoms with Gasteiger partial charge in [-0.15, -0.1) is 0 Å². The summed E-state index contributed by atoms with van der Waals surface area (Å²) >= 11 is 0. The maximum Gasteiger partial charge on any atom is 0.244 e. The fourth-order valence-electron chi connectivity index (χ4n) is 2.59. The van der Waals surface area contributed by atoms with E-state index in [2.05, 4.69) is 4.72 Å². The largest absolute Gasteiger partial charge is 0.497 e. The zero-order valence-corrected chi connectivity index (χ0v) is 16.6. The summed E-state index contributed by atoms with van der Waals surface area (Å²) in [5.41, 5.74) is 2.76. The van der Waals surface area contributed by atoms with Crippen LogP contribution in [0.4, 0.5) is 0 Å². The van der Waals surface area contributed by atoms with E-state index < -0.39 is 10.0 Å². The molecule has 0 fully saturated rings. The number of aryl methyl sites for hydroxylation is 2. The lowest BCUT2D eigenvalue weighted by Gasteiger charge is -2.14. The molecule has 26 heavy (non-hydrogen) atoms. The van der Waals surface area contributed by atoms with Crippen LogP contribution in [0.3, 0.4) is 0 Å². The van der Waals surface area contributed by atoms with Crippen LogP contribution in [-0.4, -0.2) is 36.3 Å². The minimum absolute atomic E-state index is 0.143. The van der Waals surface area contributed by atoms with Gasteiger partial charge in [0, 0.05) is 12.6 Å². The molecule has 0 aliphatic heterocycles. The molecule has 0 saturated carbocycles. The highest BCUT2D eigenvalue weighted by Crippen LogP contribution is 2.28. The maximum absolute atomic E-state index is 12.7. The quantitative estimate of drug-likeness (QED) is 0.763. The first-order valence-electron chi connectivity index (χ1n) is 8.18. The van der Waals surface area contributed by atoms with Gasteiger partial charge in [-0.25, -0.2) is 13.1 Å². The van der Waals surface area contributed by atoms with Crippen LogP contribution in [0, 0.1) is 13.8 Å². The Kier molecular flexibility index (Phi) is 6.50. The van der Waals surface area contributed by atoms with Crippen molar-refractivity contribution in [3.63, 3.8) is 0 Å². The van der Waals surface area contributed by atoms with Crippen LogP contribution < -0.4 is 18.9 Å². The zero-order valence-electron chi connectivity index (χ0n) is 15.8. The zero-order chi connectivity index (χ0) is 19.3. The van der Waals surface area contributed by atoms with Crippen molar-refractivity contribution in [3.05, 3.63) is 47.0 Å². The molecular weight excluding hydrogens is 354 g/mol. The van der Waals surface area contributed by atoms with Gasteiger partial charge >= 0.3 is 0 Å². The normalized spacial score (nSPS) is 11.3. The summed E-state index contributed by atoms with van der Waals surface area (Å²) in [6, 6.07) is 8.82. The summed E-state index contributed by atoms with van der Waals surface area (Å²) < 4.78 is 43.7. The van der Waals surface area contributed by atoms with Gasteiger partial charge in [-0.3, -0.25) is 0 Å². The van der Waals surface area contributed by atoms with Crippen molar-refractivity contribution in [2.45, 2.75) is 25.2 Å². The molecule has 7 heteroatoms. The third kappa shape index (κ3) is 4.47. The Morgan fingerprint density at radius 3 is 2.15 bits per heavy atom. The van der Waals surface area contributed by atoms with Crippen molar-refractivity contribution in [2.75, 3.05) is 27.9 Å². The smallest absolute Gasteiger partial charge is 0.244 e. The lowest BCUT2D eigenvalue weighted by molar-refractivity contribution is 0.391. The predicted octanol–water partition coefficient (Wildman–Crippen LogP) is 2.85. The third-order valence-corrected chi connectivity index (χ3v) is 5.73. The van der Waals surface area contributed by atoms with Gasteiger partial charge < -0.3 is 14.2 Å². The molecule has 1 N–H and O–H groups in total. The Bertz CT molecular complexity index is 878. The van der Waals surface area contributed by atoms with E-state index in [0.29, 0.717) is 23.7 Å². The monoisotopic (exact) mass is 379 g/mol. The number of hydrogen-bond acceptors (Lipinski definition) is 5. The highest BCUT2D eigenvalue weighted by Gasteiger charge is 2.20. The highest BCUT2D eigenvalue weighted by atomic mass is 32.2. The highest BCUT2D eigenvalue weighted by molar-refractivity contribution is 7.89. The van der Waals surface area contributed by atoms with Gasteiger partial charge in [-0.05, 0) is 55.2 Å². The molecule has 0 saturated heterocycles. The number of sulfonamides is 1. The molecular formula is C19H25NO5S. The van der Waals surface area contributed by atoms with Crippen molar-refractivity contribution in [2.24, 2.45) is 0 Å². The summed E-state index contributed by atoms with van der Waals surface area (Å²) in [6.45, 7) is 4.02. The van der Waals surface area contributed by atoms with Crippen LogP contribution in [-0.2, 0) is 16.4 Å². The molecule has 0 amide bonds. The Hall–Kier alpha value is -2.25. The molecule has 142 valence electrons. The van der Waals surface area contributed by atoms with Crippen molar-refractivity contribution in [1.29, 1.82) is 0 Å². The molecule has 0 spiro atoms. The van der Waals surface area contributed by atoms with E-state index in [-0.39, 0.29) is 11.4 Å². The molecule has 0 aromatic heterocycles. The standard InChI is InChI=1S/C19H25NO5S/c1-13-10-18(25-5)19(11-14(13)2)26(21,22)20-9-8-15-6-7-16(23-3)12-17(15)24-4/h6-7,10-12,20H,8-9H2,1-5H3. The number of benzene rings is 2. The Labute approximate surface area is 155 Å². The minimum atomic E-state index is -3.69. The Morgan fingerprint density at radius 1 is 0.885 bits per heavy atom. The van der Waals surface area contributed by atoms with E-state index >= 15 is 0 Å². The summed E-state index contributed by atoms with van der Waals surface area (Å²) in [5.74, 6) is 1.68. The second kappa shape index (κ2) is 8.42. The van der Waals surface area contributed by atoms with Gasteiger partial charge in [-0.1, -0.05) is 6.07 Å². The van der Waals surface area contributed by atoms with Gasteiger partial charge in [0.15, 0.2) is 0 Å². The number of rotatable bonds is 8. The Morgan fingerprint density at radius 2 is 1.54 bits per heavy atom. The molecule has 2 aromatic rings. The molecule has 0 atom stereocenters. The number of hydrogen-bond donors (Lipinski definition) is 1. The number of methoxy groups -OCH3 is 3. The van der Waals surface area contributed by atoms with E-state index in [1.54, 1.807) is 32.4 Å². The first-order chi connectivity index (χ1) is 12.3. The van der Waals surface area contributed by atoms with Gasteiger partial charge in [-0.2, -0.15) is 0 Å². The topological polar surface area (TPSA) is 73.9 Å². The molecule has 6 nitrogen and oxygen atoms in total. The second-order valence-electron chi connectivity index (χ2n) is 5.91. The van der Waals surface area contributed by atoms with Crippen LogP contribution >= 0.6 is 0 Å². The maximum atomic E-state index is 12.7. The number of nitrogens with one attached hydrogen (secondary N) is 1. The van der Waals surface area contributed by atoms with Gasteiger partial charge in [0.1, 0.15) is 22.1 Å². The minimum Gasteiger partial charge on any atom is -0.497 e. The molecule has 0 heterocycles. The van der Waals surface area contributed by atoms with Crippen LogP contribution in [0.1, 0.15) is 16.7 Å². The molecule has 2 rings (SSSR count). The lowest BCUT2D eigenvalue weighted by atomic mass is 10.1. The molecule has 0 bridgehead atoms. The fraction of sp³-hybridized carbons (Fsp3) is 0.368. The molecule has 0 radical (unpaired) electrons. The van der Waals surface area contributed by atoms with Crippen LogP contribution in [0.2, 0.25) is 0 Å². The van der Waals surface area contributed by atoms with E-state index in [1.807, 2.05) is 26.0 Å². The van der Waals surface area contributed by atoms with E-state index in [0.717, 1.165) is 16.7 Å². The fourth-order valence-corrected chi connectivity index (χ4v) is 3.85. The van der Waals surface area contributed by atoms with Crippen molar-refractivity contribution in [1.82, 2.24) is 4.72 Å². The lowest BCUT2D eigenvalue weighted by Crippen LogP contribution is -2.26. The van der Waals surface area contributed by atoms with E-state index in [9.17, 15) is 8.42 Å². The average Bonchev–Trinajstić information content (AvgIpc) is 2.63. The van der Waals surface area contributed by atoms with Crippen molar-refractivity contribution >= 4 is 10.0 Å². The van der Waals surface area contributed by atoms with Crippen LogP contribution in [0.5, 0.6) is 17.2 Å². The molecule has 0 aliphatic rings. The summed E-state index contributed by atoms with van der Waals surface area (Å²) in [5, 5.41) is 0. The first kappa shape index (κ1) is 20.1. The second-order valence-corrected chi connectivity index (χ2v) is 7.65. The van der Waals surface area contributed by atoms with Crippen molar-refractivity contribution in [3.8, 4) is 17.2 Å². The summed E-state index contributed by atoms with van der Waals surface area (Å²) in [7, 11) is 0.933. The SMILES string of the molecule is COc1ccc(CCNS(=O)(=O)c2cc(C)c(C)cc2OC)c(OC)c1. The Balaban J connectivity index is 2.16. The van der Waals surface area contributed by atoms with Crippen molar-refractivity contribution < 1.29 is 22.6 Å². The average molecular weight is 379 g/mol. The molecule has 0 unspecified atom stereocenters. The summed E-state index contributed by atoms with van der Waals surface area (Å²) in [6.07, 6.45) is 0.486. The molecule has 0 aliphatic carbocycles. The first-order valence-corrected chi connectivity index (χ1v) is 9.66. The van der Waals surface area contributed by atoms with E-state index in [4.69, 9.17) is 14.2 Å². The van der Waals surface area contributed by atoms with Gasteiger partial charge in [0.25, 0.3) is 0 Å². The van der Waals surface area contributed by atoms with E-state index in [1.165, 1.54) is 7.11 Å². The number of ether oxygens (including phenoxy) is 3. The van der Waals surface area contributed by atoms with Crippen LogP contribution in [0.15, 0.2) is 35.2 Å². The summed E-state index contributed by atoms with van der Waals surface area (Å²) in [4.78, 5) is 0.143. The van der Waals surface area contributed by atoms with Gasteiger partial charge in [0.2, 0.25) is 10.0 Å².